The molecule has 32 heavy (non-hydrogen) atoms. The van der Waals surface area contributed by atoms with E-state index in [2.05, 4.69) is 68.2 Å². The van der Waals surface area contributed by atoms with Crippen LogP contribution >= 0.6 is 0 Å². The van der Waals surface area contributed by atoms with Gasteiger partial charge in [0.05, 0.1) is 6.10 Å². The third-order valence-electron chi connectivity index (χ3n) is 6.61. The van der Waals surface area contributed by atoms with Gasteiger partial charge in [-0.05, 0) is 59.8 Å². The van der Waals surface area contributed by atoms with Crippen molar-refractivity contribution in [2.75, 3.05) is 29.5 Å². The van der Waals surface area contributed by atoms with Crippen molar-refractivity contribution in [3.8, 4) is 0 Å². The van der Waals surface area contributed by atoms with E-state index < -0.39 is 0 Å². The van der Waals surface area contributed by atoms with Crippen molar-refractivity contribution in [2.24, 2.45) is 0 Å². The zero-order valence-electron chi connectivity index (χ0n) is 22.0. The molecule has 2 heterocycles. The highest BCUT2D eigenvalue weighted by Gasteiger charge is 2.47. The first kappa shape index (κ1) is 26.8. The smallest absolute Gasteiger partial charge is 0.231 e. The van der Waals surface area contributed by atoms with Gasteiger partial charge < -0.3 is 14.5 Å². The minimum absolute atomic E-state index is 0.0911. The van der Waals surface area contributed by atoms with Gasteiger partial charge in [0, 0.05) is 30.8 Å². The average molecular weight is 448 g/mol. The van der Waals surface area contributed by atoms with Crippen LogP contribution in [0.2, 0.25) is 0 Å². The van der Waals surface area contributed by atoms with E-state index in [4.69, 9.17) is 9.72 Å². The standard InChI is InChI=1S/C26H49N5O/c1-8-11-14-15-18-32-22-19-25(4,5)31(26(6,7)20-22)24-28-21-27-23(29-24)30(16-12-9-2)17-13-10-3/h21-22H,8-20H2,1-7H3. The van der Waals surface area contributed by atoms with E-state index in [1.165, 1.54) is 32.1 Å². The monoisotopic (exact) mass is 447 g/mol. The maximum absolute atomic E-state index is 6.35. The fraction of sp³-hybridized carbons (Fsp3) is 0.885. The van der Waals surface area contributed by atoms with Crippen molar-refractivity contribution in [3.63, 3.8) is 0 Å². The molecule has 1 saturated heterocycles. The Kier molecular flexibility index (Phi) is 10.7. The van der Waals surface area contributed by atoms with Crippen molar-refractivity contribution in [3.05, 3.63) is 6.33 Å². The Bertz CT molecular complexity index is 637. The summed E-state index contributed by atoms with van der Waals surface area (Å²) in [5.41, 5.74) is -0.182. The summed E-state index contributed by atoms with van der Waals surface area (Å²) in [6, 6.07) is 0. The van der Waals surface area contributed by atoms with Crippen molar-refractivity contribution >= 4 is 11.9 Å². The van der Waals surface area contributed by atoms with Gasteiger partial charge in [-0.1, -0.05) is 52.9 Å². The second kappa shape index (κ2) is 12.7. The van der Waals surface area contributed by atoms with Gasteiger partial charge in [-0.3, -0.25) is 0 Å². The average Bonchev–Trinajstić information content (AvgIpc) is 2.72. The zero-order chi connectivity index (χ0) is 23.6. The molecule has 1 fully saturated rings. The van der Waals surface area contributed by atoms with Crippen LogP contribution in [0.3, 0.4) is 0 Å². The summed E-state index contributed by atoms with van der Waals surface area (Å²) in [5, 5.41) is 0. The van der Waals surface area contributed by atoms with Crippen LogP contribution in [-0.2, 0) is 4.74 Å². The number of hydrogen-bond acceptors (Lipinski definition) is 6. The maximum Gasteiger partial charge on any atom is 0.231 e. The van der Waals surface area contributed by atoms with E-state index >= 15 is 0 Å². The van der Waals surface area contributed by atoms with E-state index in [-0.39, 0.29) is 17.2 Å². The topological polar surface area (TPSA) is 54.4 Å². The van der Waals surface area contributed by atoms with Crippen molar-refractivity contribution < 1.29 is 4.74 Å². The lowest BCUT2D eigenvalue weighted by molar-refractivity contribution is -0.00888. The van der Waals surface area contributed by atoms with Crippen LogP contribution in [0.1, 0.15) is 113 Å². The molecule has 6 heteroatoms. The van der Waals surface area contributed by atoms with Crippen LogP contribution in [0.25, 0.3) is 0 Å². The van der Waals surface area contributed by atoms with Crippen LogP contribution in [0.15, 0.2) is 6.33 Å². The molecule has 0 saturated carbocycles. The molecule has 1 aliphatic rings. The number of piperidine rings is 1. The molecule has 0 aromatic carbocycles. The molecule has 1 aliphatic heterocycles. The molecule has 0 atom stereocenters. The molecule has 0 spiro atoms. The molecule has 0 radical (unpaired) electrons. The van der Waals surface area contributed by atoms with Crippen LogP contribution in [-0.4, -0.2) is 51.8 Å². The lowest BCUT2D eigenvalue weighted by atomic mass is 9.78. The second-order valence-corrected chi connectivity index (χ2v) is 10.7. The molecule has 0 N–H and O–H groups in total. The summed E-state index contributed by atoms with van der Waals surface area (Å²) in [4.78, 5) is 19.0. The van der Waals surface area contributed by atoms with Crippen LogP contribution < -0.4 is 9.80 Å². The first-order chi connectivity index (χ1) is 15.2. The van der Waals surface area contributed by atoms with Gasteiger partial charge in [0.2, 0.25) is 11.9 Å². The number of nitrogens with zero attached hydrogens (tertiary/aromatic N) is 5. The van der Waals surface area contributed by atoms with E-state index in [0.717, 1.165) is 63.7 Å². The molecule has 1 aromatic heterocycles. The molecule has 2 rings (SSSR count). The first-order valence-electron chi connectivity index (χ1n) is 13.1. The lowest BCUT2D eigenvalue weighted by Crippen LogP contribution is -2.63. The molecule has 184 valence electrons. The Morgan fingerprint density at radius 1 is 0.875 bits per heavy atom. The Balaban J connectivity index is 2.16. The fourth-order valence-electron chi connectivity index (χ4n) is 5.18. The quantitative estimate of drug-likeness (QED) is 0.308. The third kappa shape index (κ3) is 7.57. The lowest BCUT2D eigenvalue weighted by Gasteiger charge is -2.55. The number of unbranched alkanes of at least 4 members (excludes halogenated alkanes) is 5. The van der Waals surface area contributed by atoms with Gasteiger partial charge in [-0.25, -0.2) is 9.97 Å². The van der Waals surface area contributed by atoms with E-state index in [1.54, 1.807) is 6.33 Å². The van der Waals surface area contributed by atoms with E-state index in [9.17, 15) is 0 Å². The number of rotatable bonds is 14. The van der Waals surface area contributed by atoms with Gasteiger partial charge in [0.25, 0.3) is 0 Å². The van der Waals surface area contributed by atoms with E-state index in [1.807, 2.05) is 0 Å². The van der Waals surface area contributed by atoms with Gasteiger partial charge >= 0.3 is 0 Å². The zero-order valence-corrected chi connectivity index (χ0v) is 22.0. The Morgan fingerprint density at radius 3 is 2.03 bits per heavy atom. The van der Waals surface area contributed by atoms with Crippen molar-refractivity contribution in [1.82, 2.24) is 15.0 Å². The highest BCUT2D eigenvalue weighted by molar-refractivity contribution is 5.44. The summed E-state index contributed by atoms with van der Waals surface area (Å²) in [6.45, 7) is 18.8. The summed E-state index contributed by atoms with van der Waals surface area (Å²) in [6.07, 6.45) is 13.6. The molecule has 0 amide bonds. The van der Waals surface area contributed by atoms with Crippen LogP contribution in [0, 0.1) is 0 Å². The highest BCUT2D eigenvalue weighted by Crippen LogP contribution is 2.41. The molecule has 6 nitrogen and oxygen atoms in total. The summed E-state index contributed by atoms with van der Waals surface area (Å²) in [5.74, 6) is 1.61. The summed E-state index contributed by atoms with van der Waals surface area (Å²) < 4.78 is 6.35. The minimum Gasteiger partial charge on any atom is -0.378 e. The summed E-state index contributed by atoms with van der Waals surface area (Å²) in [7, 11) is 0. The minimum atomic E-state index is -0.0911. The predicted octanol–water partition coefficient (Wildman–Crippen LogP) is 6.40. The molecule has 1 aromatic rings. The summed E-state index contributed by atoms with van der Waals surface area (Å²) >= 11 is 0. The van der Waals surface area contributed by atoms with Crippen molar-refractivity contribution in [1.29, 1.82) is 0 Å². The molecular formula is C26H49N5O. The number of hydrogen-bond donors (Lipinski definition) is 0. The van der Waals surface area contributed by atoms with Gasteiger partial charge in [-0.15, -0.1) is 0 Å². The second-order valence-electron chi connectivity index (χ2n) is 10.7. The molecule has 0 unspecified atom stereocenters. The predicted molar refractivity (Wildman–Crippen MR) is 136 cm³/mol. The third-order valence-corrected chi connectivity index (χ3v) is 6.61. The SMILES string of the molecule is CCCCCCOC1CC(C)(C)N(c2ncnc(N(CCCC)CCCC)n2)C(C)(C)C1. The first-order valence-corrected chi connectivity index (χ1v) is 13.1. The van der Waals surface area contributed by atoms with Gasteiger partial charge in [-0.2, -0.15) is 4.98 Å². The number of aromatic nitrogens is 3. The normalized spacial score (nSPS) is 18.2. The largest absolute Gasteiger partial charge is 0.378 e. The van der Waals surface area contributed by atoms with Gasteiger partial charge in [0.1, 0.15) is 6.33 Å². The van der Waals surface area contributed by atoms with Crippen LogP contribution in [0.5, 0.6) is 0 Å². The maximum atomic E-state index is 6.35. The highest BCUT2D eigenvalue weighted by atomic mass is 16.5. The molecular weight excluding hydrogens is 398 g/mol. The molecule has 0 aliphatic carbocycles. The van der Waals surface area contributed by atoms with E-state index in [0.29, 0.717) is 0 Å². The Hall–Kier alpha value is -1.43. The Labute approximate surface area is 197 Å². The van der Waals surface area contributed by atoms with Crippen LogP contribution in [0.4, 0.5) is 11.9 Å². The van der Waals surface area contributed by atoms with Gasteiger partial charge in [0.15, 0.2) is 0 Å². The van der Waals surface area contributed by atoms with Crippen molar-refractivity contribution in [2.45, 2.75) is 130 Å². The fourth-order valence-corrected chi connectivity index (χ4v) is 5.18. The number of ether oxygens (including phenoxy) is 1. The molecule has 0 bridgehead atoms. The number of anilines is 2. The Morgan fingerprint density at radius 2 is 1.47 bits per heavy atom.